The number of rotatable bonds is 38. The molecular formula is C43H86O4. The van der Waals surface area contributed by atoms with Gasteiger partial charge in [0.1, 0.15) is 0 Å². The van der Waals surface area contributed by atoms with Crippen LogP contribution in [0.2, 0.25) is 0 Å². The summed E-state index contributed by atoms with van der Waals surface area (Å²) < 4.78 is 5.30. The summed E-state index contributed by atoms with van der Waals surface area (Å²) in [5.41, 5.74) is 0. The van der Waals surface area contributed by atoms with Gasteiger partial charge in [0.2, 0.25) is 0 Å². The zero-order valence-corrected chi connectivity index (χ0v) is 32.5. The molecule has 0 radical (unpaired) electrons. The van der Waals surface area contributed by atoms with Gasteiger partial charge in [0.25, 0.3) is 0 Å². The number of carboxylic acids is 1. The molecule has 0 unspecified atom stereocenters. The number of carboxylic acid groups (broad SMARTS) is 1. The maximum Gasteiger partial charge on any atom is 0.305 e. The minimum absolute atomic E-state index is 0.0141. The van der Waals surface area contributed by atoms with E-state index in [-0.39, 0.29) is 5.97 Å². The van der Waals surface area contributed by atoms with Crippen molar-refractivity contribution in [2.45, 2.75) is 258 Å². The summed E-state index contributed by atoms with van der Waals surface area (Å²) in [6.45, 7) is 7.40. The Morgan fingerprint density at radius 2 is 0.574 bits per heavy atom. The van der Waals surface area contributed by atoms with E-state index in [0.717, 1.165) is 25.7 Å². The van der Waals surface area contributed by atoms with Gasteiger partial charge in [-0.25, -0.2) is 0 Å². The van der Waals surface area contributed by atoms with E-state index in [0.29, 0.717) is 19.4 Å². The Bertz CT molecular complexity index is 590. The summed E-state index contributed by atoms with van der Waals surface area (Å²) in [4.78, 5) is 22.0. The second-order valence-corrected chi connectivity index (χ2v) is 14.4. The molecule has 0 aliphatic heterocycles. The van der Waals surface area contributed by atoms with E-state index in [9.17, 15) is 9.59 Å². The Morgan fingerprint density at radius 1 is 0.340 bits per heavy atom. The summed E-state index contributed by atoms with van der Waals surface area (Å²) in [6.07, 6.45) is 47.3. The maximum absolute atomic E-state index is 11.6. The number of aliphatic carboxylic acids is 1. The van der Waals surface area contributed by atoms with Crippen LogP contribution in [0.25, 0.3) is 0 Å². The smallest absolute Gasteiger partial charge is 0.305 e. The lowest BCUT2D eigenvalue weighted by Crippen LogP contribution is -2.05. The highest BCUT2D eigenvalue weighted by Gasteiger charge is 2.03. The summed E-state index contributed by atoms with van der Waals surface area (Å²) >= 11 is 0. The first kappa shape index (κ1) is 48.1. The molecule has 0 aliphatic rings. The van der Waals surface area contributed by atoms with Gasteiger partial charge in [-0.05, 0) is 19.3 Å². The molecule has 0 fully saturated rings. The van der Waals surface area contributed by atoms with Gasteiger partial charge in [-0.2, -0.15) is 0 Å². The summed E-state index contributed by atoms with van der Waals surface area (Å²) in [5, 5.41) is 8.52. The lowest BCUT2D eigenvalue weighted by Gasteiger charge is -2.05. The van der Waals surface area contributed by atoms with Crippen molar-refractivity contribution in [1.82, 2.24) is 0 Å². The molecule has 0 amide bonds. The highest BCUT2D eigenvalue weighted by atomic mass is 16.5. The highest BCUT2D eigenvalue weighted by Crippen LogP contribution is 2.15. The fraction of sp³-hybridized carbons (Fsp3) is 0.953. The van der Waals surface area contributed by atoms with Gasteiger partial charge in [0, 0.05) is 12.8 Å². The zero-order chi connectivity index (χ0) is 34.7. The molecule has 4 nitrogen and oxygen atoms in total. The third-order valence-electron chi connectivity index (χ3n) is 9.49. The molecule has 0 atom stereocenters. The monoisotopic (exact) mass is 667 g/mol. The van der Waals surface area contributed by atoms with E-state index in [1.54, 1.807) is 0 Å². The van der Waals surface area contributed by atoms with Crippen LogP contribution in [-0.4, -0.2) is 23.7 Å². The first-order valence-corrected chi connectivity index (χ1v) is 21.5. The molecule has 0 heterocycles. The molecule has 4 heteroatoms. The molecule has 0 aromatic heterocycles. The maximum atomic E-state index is 11.6. The van der Waals surface area contributed by atoms with Gasteiger partial charge in [0.05, 0.1) is 6.61 Å². The van der Waals surface area contributed by atoms with Crippen molar-refractivity contribution in [3.8, 4) is 0 Å². The van der Waals surface area contributed by atoms with Gasteiger partial charge in [-0.1, -0.05) is 226 Å². The molecule has 0 saturated heterocycles. The molecule has 0 aliphatic carbocycles. The second-order valence-electron chi connectivity index (χ2n) is 14.4. The van der Waals surface area contributed by atoms with Gasteiger partial charge in [-0.15, -0.1) is 0 Å². The first-order valence-electron chi connectivity index (χ1n) is 21.5. The molecule has 0 aromatic carbocycles. The standard InChI is InChI=1S/C25H50O2.C18H36O2/c1-3-5-7-9-10-11-12-13-14-15-16-17-18-19-21-23-25(26)27-24-22-20-8-6-4-2;1-2-3-4-5-6-7-8-9-10-11-12-13-14-15-16-17-18(19)20/h3-24H2,1-2H3;2-17H2,1H3,(H,19,20). The minimum atomic E-state index is -0.653. The Kier molecular flexibility index (Phi) is 45.9. The molecule has 1 N–H and O–H groups in total. The van der Waals surface area contributed by atoms with Crippen LogP contribution < -0.4 is 0 Å². The third-order valence-corrected chi connectivity index (χ3v) is 9.49. The van der Waals surface area contributed by atoms with E-state index < -0.39 is 5.97 Å². The first-order chi connectivity index (χ1) is 23.1. The summed E-state index contributed by atoms with van der Waals surface area (Å²) in [5.74, 6) is -0.639. The quantitative estimate of drug-likeness (QED) is 0.0526. The largest absolute Gasteiger partial charge is 0.481 e. The Hall–Kier alpha value is -1.06. The van der Waals surface area contributed by atoms with E-state index in [2.05, 4.69) is 20.8 Å². The van der Waals surface area contributed by atoms with Crippen LogP contribution in [0.3, 0.4) is 0 Å². The zero-order valence-electron chi connectivity index (χ0n) is 32.5. The van der Waals surface area contributed by atoms with Gasteiger partial charge in [-0.3, -0.25) is 9.59 Å². The van der Waals surface area contributed by atoms with Gasteiger partial charge in [0.15, 0.2) is 0 Å². The van der Waals surface area contributed by atoms with Gasteiger partial charge < -0.3 is 9.84 Å². The number of esters is 1. The molecule has 282 valence electrons. The van der Waals surface area contributed by atoms with E-state index in [1.165, 1.54) is 199 Å². The lowest BCUT2D eigenvalue weighted by atomic mass is 10.0. The normalized spacial score (nSPS) is 11.0. The fourth-order valence-electron chi connectivity index (χ4n) is 6.25. The van der Waals surface area contributed by atoms with Crippen molar-refractivity contribution in [3.05, 3.63) is 0 Å². The van der Waals surface area contributed by atoms with E-state index >= 15 is 0 Å². The lowest BCUT2D eigenvalue weighted by molar-refractivity contribution is -0.144. The Labute approximate surface area is 295 Å². The number of hydrogen-bond acceptors (Lipinski definition) is 3. The number of carbonyl (C=O) groups excluding carboxylic acids is 1. The number of carbonyl (C=O) groups is 2. The third kappa shape index (κ3) is 49.4. The number of ether oxygens (including phenoxy) is 1. The van der Waals surface area contributed by atoms with Crippen LogP contribution in [0.4, 0.5) is 0 Å². The average molecular weight is 667 g/mol. The van der Waals surface area contributed by atoms with Crippen LogP contribution in [0.15, 0.2) is 0 Å². The highest BCUT2D eigenvalue weighted by molar-refractivity contribution is 5.69. The predicted octanol–water partition coefficient (Wildman–Crippen LogP) is 15.1. The number of unbranched alkanes of at least 4 members (excludes halogenated alkanes) is 32. The van der Waals surface area contributed by atoms with Crippen molar-refractivity contribution in [2.75, 3.05) is 6.61 Å². The molecule has 0 rings (SSSR count). The number of hydrogen-bond donors (Lipinski definition) is 1. The summed E-state index contributed by atoms with van der Waals surface area (Å²) in [6, 6.07) is 0. The summed E-state index contributed by atoms with van der Waals surface area (Å²) in [7, 11) is 0. The molecule has 0 saturated carbocycles. The topological polar surface area (TPSA) is 63.6 Å². The molecule has 0 bridgehead atoms. The molecule has 47 heavy (non-hydrogen) atoms. The van der Waals surface area contributed by atoms with Crippen molar-refractivity contribution in [2.24, 2.45) is 0 Å². The predicted molar refractivity (Wildman–Crippen MR) is 206 cm³/mol. The van der Waals surface area contributed by atoms with Crippen LogP contribution >= 0.6 is 0 Å². The average Bonchev–Trinajstić information content (AvgIpc) is 3.06. The fourth-order valence-corrected chi connectivity index (χ4v) is 6.25. The SMILES string of the molecule is CCCCCCCCCCCCCCCCCC(=O)O.CCCCCCCCCCCCCCCCCC(=O)OCCCCCCC. The van der Waals surface area contributed by atoms with E-state index in [4.69, 9.17) is 9.84 Å². The van der Waals surface area contributed by atoms with Crippen molar-refractivity contribution < 1.29 is 19.4 Å². The van der Waals surface area contributed by atoms with E-state index in [1.807, 2.05) is 0 Å². The Morgan fingerprint density at radius 3 is 0.851 bits per heavy atom. The second kappa shape index (κ2) is 44.9. The van der Waals surface area contributed by atoms with Crippen molar-refractivity contribution in [1.29, 1.82) is 0 Å². The van der Waals surface area contributed by atoms with Crippen molar-refractivity contribution in [3.63, 3.8) is 0 Å². The van der Waals surface area contributed by atoms with Crippen LogP contribution in [0, 0.1) is 0 Å². The van der Waals surface area contributed by atoms with Gasteiger partial charge >= 0.3 is 11.9 Å². The van der Waals surface area contributed by atoms with Crippen LogP contribution in [-0.2, 0) is 14.3 Å². The molecule has 0 aromatic rings. The molecular weight excluding hydrogens is 580 g/mol. The van der Waals surface area contributed by atoms with Crippen LogP contribution in [0.5, 0.6) is 0 Å². The van der Waals surface area contributed by atoms with Crippen LogP contribution in [0.1, 0.15) is 258 Å². The molecule has 0 spiro atoms. The van der Waals surface area contributed by atoms with Crippen molar-refractivity contribution >= 4 is 11.9 Å². The minimum Gasteiger partial charge on any atom is -0.481 e. The Balaban J connectivity index is 0.